The fourth-order valence-electron chi connectivity index (χ4n) is 1.11. The van der Waals surface area contributed by atoms with Crippen molar-refractivity contribution in [2.45, 2.75) is 19.8 Å². The normalized spacial score (nSPS) is 11.3. The summed E-state index contributed by atoms with van der Waals surface area (Å²) in [6, 6.07) is 0. The van der Waals surface area contributed by atoms with Crippen LogP contribution in [0.4, 0.5) is 0 Å². The first kappa shape index (κ1) is 7.90. The molecule has 2 aromatic heterocycles. The summed E-state index contributed by atoms with van der Waals surface area (Å²) in [4.78, 5) is 14.8. The molecule has 2 aromatic rings. The average molecular weight is 179 g/mol. The lowest BCUT2D eigenvalue weighted by Crippen LogP contribution is -2.13. The van der Waals surface area contributed by atoms with Crippen molar-refractivity contribution in [2.24, 2.45) is 0 Å². The Morgan fingerprint density at radius 2 is 2.23 bits per heavy atom. The molecule has 0 aliphatic heterocycles. The van der Waals surface area contributed by atoms with Gasteiger partial charge in [-0.05, 0) is 0 Å². The van der Waals surface area contributed by atoms with E-state index in [0.29, 0.717) is 11.6 Å². The molecule has 6 heteroatoms. The standard InChI is InChI=1S/C7H9N5O/c1-4(2)6-9-10-7-8-3-5(13)11-12(6)7/h3-4H,1-2H3,(H,11,13). The Morgan fingerprint density at radius 3 is 2.92 bits per heavy atom. The molecule has 0 fully saturated rings. The molecule has 0 saturated carbocycles. The van der Waals surface area contributed by atoms with Crippen LogP contribution in [0.1, 0.15) is 25.6 Å². The summed E-state index contributed by atoms with van der Waals surface area (Å²) in [6.45, 7) is 3.95. The van der Waals surface area contributed by atoms with Crippen LogP contribution in [0.3, 0.4) is 0 Å². The maximum atomic E-state index is 11.0. The van der Waals surface area contributed by atoms with Gasteiger partial charge in [-0.2, -0.15) is 0 Å². The fourth-order valence-corrected chi connectivity index (χ4v) is 1.11. The molecule has 0 aliphatic carbocycles. The number of rotatable bonds is 1. The molecule has 2 rings (SSSR count). The van der Waals surface area contributed by atoms with Gasteiger partial charge in [0.1, 0.15) is 0 Å². The van der Waals surface area contributed by atoms with Crippen LogP contribution >= 0.6 is 0 Å². The van der Waals surface area contributed by atoms with E-state index >= 15 is 0 Å². The summed E-state index contributed by atoms with van der Waals surface area (Å²) in [5.74, 6) is 1.33. The smallest absolute Gasteiger partial charge is 0.266 e. The van der Waals surface area contributed by atoms with Gasteiger partial charge in [0, 0.05) is 5.92 Å². The first-order valence-corrected chi connectivity index (χ1v) is 3.99. The first-order chi connectivity index (χ1) is 6.18. The topological polar surface area (TPSA) is 75.9 Å². The quantitative estimate of drug-likeness (QED) is 0.665. The van der Waals surface area contributed by atoms with E-state index in [2.05, 4.69) is 20.3 Å². The Labute approximate surface area is 73.6 Å². The van der Waals surface area contributed by atoms with Gasteiger partial charge in [0.05, 0.1) is 6.20 Å². The van der Waals surface area contributed by atoms with Crippen LogP contribution in [0.25, 0.3) is 5.78 Å². The van der Waals surface area contributed by atoms with Gasteiger partial charge in [-0.3, -0.25) is 9.89 Å². The van der Waals surface area contributed by atoms with Crippen molar-refractivity contribution >= 4 is 5.78 Å². The highest BCUT2D eigenvalue weighted by Crippen LogP contribution is 2.09. The number of aromatic amines is 1. The highest BCUT2D eigenvalue weighted by Gasteiger charge is 2.09. The minimum Gasteiger partial charge on any atom is -0.266 e. The van der Waals surface area contributed by atoms with E-state index in [9.17, 15) is 4.79 Å². The monoisotopic (exact) mass is 179 g/mol. The number of H-pyrrole nitrogens is 1. The lowest BCUT2D eigenvalue weighted by atomic mass is 10.2. The maximum Gasteiger partial charge on any atom is 0.281 e. The minimum atomic E-state index is -0.255. The Kier molecular flexibility index (Phi) is 1.61. The van der Waals surface area contributed by atoms with Crippen LogP contribution in [0, 0.1) is 0 Å². The number of fused-ring (bicyclic) bond motifs is 1. The number of hydrogen-bond acceptors (Lipinski definition) is 4. The van der Waals surface area contributed by atoms with Gasteiger partial charge < -0.3 is 0 Å². The Balaban J connectivity index is 2.79. The Bertz CT molecular complexity index is 483. The van der Waals surface area contributed by atoms with E-state index in [-0.39, 0.29) is 11.5 Å². The maximum absolute atomic E-state index is 11.0. The third-order valence-electron chi connectivity index (χ3n) is 1.71. The highest BCUT2D eigenvalue weighted by molar-refractivity contribution is 5.23. The average Bonchev–Trinajstić information content (AvgIpc) is 2.46. The molecule has 6 nitrogen and oxygen atoms in total. The van der Waals surface area contributed by atoms with E-state index in [1.165, 1.54) is 10.7 Å². The van der Waals surface area contributed by atoms with E-state index in [4.69, 9.17) is 0 Å². The van der Waals surface area contributed by atoms with Crippen molar-refractivity contribution in [1.29, 1.82) is 0 Å². The first-order valence-electron chi connectivity index (χ1n) is 3.99. The molecule has 0 saturated heterocycles. The van der Waals surface area contributed by atoms with Gasteiger partial charge in [0.2, 0.25) is 0 Å². The summed E-state index contributed by atoms with van der Waals surface area (Å²) in [5.41, 5.74) is -0.255. The van der Waals surface area contributed by atoms with Gasteiger partial charge in [0.15, 0.2) is 5.82 Å². The molecule has 0 aliphatic rings. The lowest BCUT2D eigenvalue weighted by molar-refractivity contribution is 0.710. The second kappa shape index (κ2) is 2.65. The summed E-state index contributed by atoms with van der Waals surface area (Å²) in [5, 5.41) is 10.3. The molecular formula is C7H9N5O. The molecule has 2 heterocycles. The van der Waals surface area contributed by atoms with Crippen LogP contribution in [-0.2, 0) is 0 Å². The lowest BCUT2D eigenvalue weighted by Gasteiger charge is -1.99. The van der Waals surface area contributed by atoms with E-state index in [1.807, 2.05) is 13.8 Å². The van der Waals surface area contributed by atoms with Crippen LogP contribution < -0.4 is 5.56 Å². The zero-order chi connectivity index (χ0) is 9.42. The summed E-state index contributed by atoms with van der Waals surface area (Å²) in [6.07, 6.45) is 1.19. The Hall–Kier alpha value is -1.72. The van der Waals surface area contributed by atoms with Gasteiger partial charge >= 0.3 is 0 Å². The third-order valence-corrected chi connectivity index (χ3v) is 1.71. The molecule has 0 aromatic carbocycles. The second-order valence-corrected chi connectivity index (χ2v) is 3.08. The molecule has 68 valence electrons. The minimum absolute atomic E-state index is 0.204. The summed E-state index contributed by atoms with van der Waals surface area (Å²) < 4.78 is 1.51. The summed E-state index contributed by atoms with van der Waals surface area (Å²) in [7, 11) is 0. The molecule has 13 heavy (non-hydrogen) atoms. The predicted octanol–water partition coefficient (Wildman–Crippen LogP) is -0.0640. The van der Waals surface area contributed by atoms with Crippen molar-refractivity contribution in [2.75, 3.05) is 0 Å². The molecule has 0 atom stereocenters. The summed E-state index contributed by atoms with van der Waals surface area (Å²) >= 11 is 0. The second-order valence-electron chi connectivity index (χ2n) is 3.08. The van der Waals surface area contributed by atoms with Crippen molar-refractivity contribution < 1.29 is 0 Å². The largest absolute Gasteiger partial charge is 0.281 e. The number of nitrogens with one attached hydrogen (secondary N) is 1. The number of hydrogen-bond donors (Lipinski definition) is 1. The molecule has 1 N–H and O–H groups in total. The zero-order valence-corrected chi connectivity index (χ0v) is 7.35. The van der Waals surface area contributed by atoms with Gasteiger partial charge in [0.25, 0.3) is 11.3 Å². The number of nitrogens with zero attached hydrogens (tertiary/aromatic N) is 4. The number of aromatic nitrogens is 5. The van der Waals surface area contributed by atoms with Gasteiger partial charge in [-0.25, -0.2) is 9.50 Å². The predicted molar refractivity (Wildman–Crippen MR) is 45.5 cm³/mol. The molecule has 0 radical (unpaired) electrons. The highest BCUT2D eigenvalue weighted by atomic mass is 16.1. The van der Waals surface area contributed by atoms with Gasteiger partial charge in [-0.1, -0.05) is 13.8 Å². The molecular weight excluding hydrogens is 170 g/mol. The van der Waals surface area contributed by atoms with E-state index in [1.54, 1.807) is 0 Å². The van der Waals surface area contributed by atoms with E-state index in [0.717, 1.165) is 0 Å². The van der Waals surface area contributed by atoms with Crippen LogP contribution in [-0.4, -0.2) is 24.8 Å². The van der Waals surface area contributed by atoms with Crippen molar-refractivity contribution in [3.63, 3.8) is 0 Å². The van der Waals surface area contributed by atoms with Crippen LogP contribution in [0.2, 0.25) is 0 Å². The van der Waals surface area contributed by atoms with Crippen molar-refractivity contribution in [1.82, 2.24) is 24.8 Å². The zero-order valence-electron chi connectivity index (χ0n) is 7.35. The SMILES string of the molecule is CC(C)c1nnc2ncc(=O)[nH]n12. The van der Waals surface area contributed by atoms with Crippen molar-refractivity contribution in [3.05, 3.63) is 22.4 Å². The van der Waals surface area contributed by atoms with Crippen molar-refractivity contribution in [3.8, 4) is 0 Å². The van der Waals surface area contributed by atoms with Crippen LogP contribution in [0.15, 0.2) is 11.0 Å². The molecule has 0 bridgehead atoms. The fraction of sp³-hybridized carbons (Fsp3) is 0.429. The van der Waals surface area contributed by atoms with Crippen LogP contribution in [0.5, 0.6) is 0 Å². The molecule has 0 unspecified atom stereocenters. The molecule has 0 amide bonds. The van der Waals surface area contributed by atoms with Gasteiger partial charge in [-0.15, -0.1) is 10.2 Å². The Morgan fingerprint density at radius 1 is 1.46 bits per heavy atom. The van der Waals surface area contributed by atoms with E-state index < -0.39 is 0 Å². The molecule has 0 spiro atoms. The third kappa shape index (κ3) is 1.20.